The van der Waals surface area contributed by atoms with Gasteiger partial charge >= 0.3 is 0 Å². The highest BCUT2D eigenvalue weighted by atomic mass is 32.1. The van der Waals surface area contributed by atoms with Gasteiger partial charge in [-0.3, -0.25) is 0 Å². The Morgan fingerprint density at radius 2 is 2.11 bits per heavy atom. The van der Waals surface area contributed by atoms with E-state index in [1.807, 2.05) is 0 Å². The van der Waals surface area contributed by atoms with Gasteiger partial charge in [0, 0.05) is 6.04 Å². The zero-order valence-corrected chi connectivity index (χ0v) is 12.8. The lowest BCUT2D eigenvalue weighted by Gasteiger charge is -2.33. The maximum absolute atomic E-state index is 4.33. The van der Waals surface area contributed by atoms with E-state index in [1.54, 1.807) is 11.5 Å². The first kappa shape index (κ1) is 13.9. The van der Waals surface area contributed by atoms with E-state index < -0.39 is 0 Å². The van der Waals surface area contributed by atoms with Crippen LogP contribution in [0.15, 0.2) is 0 Å². The monoisotopic (exact) mass is 267 g/mol. The molecule has 0 saturated heterocycles. The lowest BCUT2D eigenvalue weighted by molar-refractivity contribution is 0.231. The smallest absolute Gasteiger partial charge is 0.0829 e. The highest BCUT2D eigenvalue weighted by Crippen LogP contribution is 2.39. The predicted octanol–water partition coefficient (Wildman–Crippen LogP) is 3.75. The molecular weight excluding hydrogens is 242 g/mol. The van der Waals surface area contributed by atoms with Crippen molar-refractivity contribution < 1.29 is 0 Å². The zero-order chi connectivity index (χ0) is 13.1. The molecule has 1 heterocycles. The van der Waals surface area contributed by atoms with Crippen LogP contribution in [0, 0.1) is 11.8 Å². The van der Waals surface area contributed by atoms with Crippen molar-refractivity contribution in [3.05, 3.63) is 10.6 Å². The van der Waals surface area contributed by atoms with E-state index in [4.69, 9.17) is 0 Å². The minimum absolute atomic E-state index is 0.449. The molecule has 3 atom stereocenters. The molecule has 2 rings (SSSR count). The van der Waals surface area contributed by atoms with Crippen molar-refractivity contribution in [3.63, 3.8) is 0 Å². The molecule has 0 spiro atoms. The van der Waals surface area contributed by atoms with Gasteiger partial charge in [0.1, 0.15) is 0 Å². The average Bonchev–Trinajstić information content (AvgIpc) is 2.79. The molecule has 1 aromatic heterocycles. The molecule has 1 saturated carbocycles. The summed E-state index contributed by atoms with van der Waals surface area (Å²) < 4.78 is 4.18. The lowest BCUT2D eigenvalue weighted by Crippen LogP contribution is -2.29. The number of nitrogens with one attached hydrogen (secondary N) is 1. The summed E-state index contributed by atoms with van der Waals surface area (Å²) in [4.78, 5) is 1.37. The van der Waals surface area contributed by atoms with Gasteiger partial charge in [0.2, 0.25) is 0 Å². The summed E-state index contributed by atoms with van der Waals surface area (Å²) in [5.41, 5.74) is 1.19. The van der Waals surface area contributed by atoms with Gasteiger partial charge in [0.15, 0.2) is 0 Å². The molecule has 0 aliphatic heterocycles. The molecule has 3 nitrogen and oxygen atoms in total. The lowest BCUT2D eigenvalue weighted by atomic mass is 9.77. The van der Waals surface area contributed by atoms with E-state index in [0.717, 1.165) is 11.8 Å². The summed E-state index contributed by atoms with van der Waals surface area (Å²) in [6.07, 6.45) is 5.43. The number of hydrogen-bond acceptors (Lipinski definition) is 4. The summed E-state index contributed by atoms with van der Waals surface area (Å²) in [7, 11) is 2.08. The van der Waals surface area contributed by atoms with Crippen molar-refractivity contribution in [2.45, 2.75) is 58.4 Å². The van der Waals surface area contributed by atoms with Crippen LogP contribution in [-0.4, -0.2) is 16.6 Å². The van der Waals surface area contributed by atoms with Gasteiger partial charge in [-0.2, -0.15) is 0 Å². The Hall–Kier alpha value is -0.480. The molecule has 1 aromatic rings. The number of hydrogen-bond donors (Lipinski definition) is 1. The molecule has 3 unspecified atom stereocenters. The second-order valence-corrected chi connectivity index (χ2v) is 6.76. The topological polar surface area (TPSA) is 37.8 Å². The van der Waals surface area contributed by atoms with Crippen LogP contribution in [0.5, 0.6) is 0 Å². The maximum atomic E-state index is 4.33. The highest BCUT2D eigenvalue weighted by Gasteiger charge is 2.30. The molecule has 1 fully saturated rings. The average molecular weight is 267 g/mol. The van der Waals surface area contributed by atoms with Gasteiger partial charge in [-0.1, -0.05) is 38.1 Å². The van der Waals surface area contributed by atoms with Crippen molar-refractivity contribution >= 4 is 11.5 Å². The zero-order valence-electron chi connectivity index (χ0n) is 11.9. The van der Waals surface area contributed by atoms with Crippen molar-refractivity contribution in [1.29, 1.82) is 0 Å². The molecule has 1 aliphatic rings. The van der Waals surface area contributed by atoms with E-state index in [-0.39, 0.29) is 0 Å². The molecule has 102 valence electrons. The Kier molecular flexibility index (Phi) is 4.73. The summed E-state index contributed by atoms with van der Waals surface area (Å²) in [6, 6.07) is 0.449. The van der Waals surface area contributed by atoms with Crippen LogP contribution >= 0.6 is 11.5 Å². The SMILES string of the molecule is CNC(c1snnc1C(C)C)C1CCCC(C)C1. The molecule has 1 aliphatic carbocycles. The van der Waals surface area contributed by atoms with E-state index in [1.165, 1.54) is 36.3 Å². The van der Waals surface area contributed by atoms with Crippen molar-refractivity contribution in [2.75, 3.05) is 7.05 Å². The van der Waals surface area contributed by atoms with E-state index >= 15 is 0 Å². The van der Waals surface area contributed by atoms with Gasteiger partial charge in [0.25, 0.3) is 0 Å². The van der Waals surface area contributed by atoms with E-state index in [2.05, 4.69) is 42.7 Å². The third-order valence-electron chi connectivity index (χ3n) is 4.13. The van der Waals surface area contributed by atoms with Crippen LogP contribution in [0.3, 0.4) is 0 Å². The molecule has 0 bridgehead atoms. The molecule has 0 radical (unpaired) electrons. The fraction of sp³-hybridized carbons (Fsp3) is 0.857. The Balaban J connectivity index is 2.19. The van der Waals surface area contributed by atoms with E-state index in [9.17, 15) is 0 Å². The van der Waals surface area contributed by atoms with Gasteiger partial charge in [-0.15, -0.1) is 5.10 Å². The number of rotatable bonds is 4. The van der Waals surface area contributed by atoms with Crippen LogP contribution in [0.2, 0.25) is 0 Å². The largest absolute Gasteiger partial charge is 0.312 e. The highest BCUT2D eigenvalue weighted by molar-refractivity contribution is 7.05. The first-order valence-corrected chi connectivity index (χ1v) is 7.90. The van der Waals surface area contributed by atoms with Gasteiger partial charge in [0.05, 0.1) is 10.6 Å². The van der Waals surface area contributed by atoms with E-state index in [0.29, 0.717) is 12.0 Å². The van der Waals surface area contributed by atoms with Gasteiger partial charge in [-0.25, -0.2) is 0 Å². The molecule has 1 N–H and O–H groups in total. The first-order chi connectivity index (χ1) is 8.63. The Morgan fingerprint density at radius 1 is 1.33 bits per heavy atom. The minimum Gasteiger partial charge on any atom is -0.312 e. The third kappa shape index (κ3) is 2.91. The minimum atomic E-state index is 0.449. The van der Waals surface area contributed by atoms with Crippen molar-refractivity contribution in [3.8, 4) is 0 Å². The Bertz CT molecular complexity index is 375. The van der Waals surface area contributed by atoms with Crippen LogP contribution in [0.4, 0.5) is 0 Å². The number of aromatic nitrogens is 2. The second-order valence-electron chi connectivity index (χ2n) is 5.98. The molecule has 0 aromatic carbocycles. The molecular formula is C14H25N3S. The van der Waals surface area contributed by atoms with Crippen LogP contribution in [0.25, 0.3) is 0 Å². The van der Waals surface area contributed by atoms with Gasteiger partial charge < -0.3 is 5.32 Å². The standard InChI is InChI=1S/C14H25N3S/c1-9(2)12-14(18-17-16-12)13(15-4)11-7-5-6-10(3)8-11/h9-11,13,15H,5-8H2,1-4H3. The van der Waals surface area contributed by atoms with Crippen molar-refractivity contribution in [1.82, 2.24) is 14.9 Å². The summed E-state index contributed by atoms with van der Waals surface area (Å²) >= 11 is 1.58. The first-order valence-electron chi connectivity index (χ1n) is 7.12. The maximum Gasteiger partial charge on any atom is 0.0829 e. The third-order valence-corrected chi connectivity index (χ3v) is 4.95. The molecule has 0 amide bonds. The quantitative estimate of drug-likeness (QED) is 0.903. The summed E-state index contributed by atoms with van der Waals surface area (Å²) in [5.74, 6) is 2.08. The van der Waals surface area contributed by atoms with Crippen LogP contribution in [-0.2, 0) is 0 Å². The van der Waals surface area contributed by atoms with Crippen LogP contribution < -0.4 is 5.32 Å². The Labute approximate surface area is 115 Å². The fourth-order valence-electron chi connectivity index (χ4n) is 3.19. The van der Waals surface area contributed by atoms with Crippen LogP contribution in [0.1, 0.15) is 69.0 Å². The normalized spacial score (nSPS) is 26.5. The molecule has 4 heteroatoms. The van der Waals surface area contributed by atoms with Gasteiger partial charge in [-0.05, 0) is 49.2 Å². The molecule has 18 heavy (non-hydrogen) atoms. The predicted molar refractivity (Wildman–Crippen MR) is 76.9 cm³/mol. The van der Waals surface area contributed by atoms with Crippen molar-refractivity contribution in [2.24, 2.45) is 11.8 Å². The summed E-state index contributed by atoms with van der Waals surface area (Å²) in [5, 5.41) is 7.85. The number of nitrogens with zero attached hydrogens (tertiary/aromatic N) is 2. The fourth-order valence-corrected chi connectivity index (χ4v) is 4.20. The summed E-state index contributed by atoms with van der Waals surface area (Å²) in [6.45, 7) is 6.79. The second kappa shape index (κ2) is 6.11. The Morgan fingerprint density at radius 3 is 2.72 bits per heavy atom.